The zero-order chi connectivity index (χ0) is 22.2. The van der Waals surface area contributed by atoms with E-state index in [0.717, 1.165) is 6.07 Å². The maximum atomic E-state index is 12.0. The molecule has 0 aliphatic carbocycles. The van der Waals surface area contributed by atoms with E-state index in [2.05, 4.69) is 15.5 Å². The standard InChI is InChI=1S/C20H18N4O7/c1-2-29-16-9-4-3-8-15(16)19-22-17(31-23-19)12-30-18(25)11-21-20(26)13-6-5-7-14(10-13)24(27)28/h3-10H,2,11-12H2,1H3,(H,21,26). The van der Waals surface area contributed by atoms with Gasteiger partial charge in [-0.3, -0.25) is 19.7 Å². The third-order valence-electron chi connectivity index (χ3n) is 3.96. The number of esters is 1. The van der Waals surface area contributed by atoms with Gasteiger partial charge >= 0.3 is 5.97 Å². The number of non-ortho nitro benzene ring substituents is 1. The average molecular weight is 426 g/mol. The van der Waals surface area contributed by atoms with Crippen molar-refractivity contribution in [3.05, 3.63) is 70.1 Å². The summed E-state index contributed by atoms with van der Waals surface area (Å²) in [5, 5.41) is 17.0. The zero-order valence-corrected chi connectivity index (χ0v) is 16.4. The Bertz CT molecular complexity index is 1100. The van der Waals surface area contributed by atoms with Crippen LogP contribution in [0.5, 0.6) is 5.75 Å². The Hall–Kier alpha value is -4.28. The normalized spacial score (nSPS) is 10.4. The first-order chi connectivity index (χ1) is 15.0. The Morgan fingerprint density at radius 3 is 2.77 bits per heavy atom. The number of carbonyl (C=O) groups excluding carboxylic acids is 2. The molecule has 1 N–H and O–H groups in total. The van der Waals surface area contributed by atoms with Crippen LogP contribution in [0.2, 0.25) is 0 Å². The summed E-state index contributed by atoms with van der Waals surface area (Å²) in [7, 11) is 0. The number of ether oxygens (including phenoxy) is 2. The van der Waals surface area contributed by atoms with Gasteiger partial charge in [0.15, 0.2) is 6.61 Å². The molecule has 0 aliphatic heterocycles. The number of nitro benzene ring substituents is 1. The summed E-state index contributed by atoms with van der Waals surface area (Å²) < 4.78 is 15.6. The van der Waals surface area contributed by atoms with Gasteiger partial charge in [0, 0.05) is 17.7 Å². The molecule has 31 heavy (non-hydrogen) atoms. The first kappa shape index (κ1) is 21.4. The predicted octanol–water partition coefficient (Wildman–Crippen LogP) is 2.52. The van der Waals surface area contributed by atoms with Crippen LogP contribution in [-0.4, -0.2) is 40.1 Å². The first-order valence-corrected chi connectivity index (χ1v) is 9.21. The predicted molar refractivity (Wildman–Crippen MR) is 106 cm³/mol. The monoisotopic (exact) mass is 426 g/mol. The lowest BCUT2D eigenvalue weighted by Crippen LogP contribution is -2.30. The molecule has 0 aliphatic rings. The molecule has 0 bridgehead atoms. The van der Waals surface area contributed by atoms with Crippen molar-refractivity contribution in [2.75, 3.05) is 13.2 Å². The third kappa shape index (κ3) is 5.63. The minimum Gasteiger partial charge on any atom is -0.493 e. The smallest absolute Gasteiger partial charge is 0.325 e. The summed E-state index contributed by atoms with van der Waals surface area (Å²) in [6, 6.07) is 12.3. The van der Waals surface area contributed by atoms with Crippen molar-refractivity contribution < 1.29 is 28.5 Å². The van der Waals surface area contributed by atoms with Gasteiger partial charge in [-0.15, -0.1) is 0 Å². The molecular weight excluding hydrogens is 408 g/mol. The highest BCUT2D eigenvalue weighted by Crippen LogP contribution is 2.27. The van der Waals surface area contributed by atoms with E-state index in [0.29, 0.717) is 17.9 Å². The number of benzene rings is 2. The molecule has 1 aromatic heterocycles. The minimum absolute atomic E-state index is 0.0523. The van der Waals surface area contributed by atoms with Gasteiger partial charge in [-0.05, 0) is 25.1 Å². The molecule has 3 rings (SSSR count). The molecule has 11 nitrogen and oxygen atoms in total. The van der Waals surface area contributed by atoms with Gasteiger partial charge in [-0.1, -0.05) is 23.4 Å². The number of nitrogens with zero attached hydrogens (tertiary/aromatic N) is 3. The van der Waals surface area contributed by atoms with Crippen molar-refractivity contribution in [2.45, 2.75) is 13.5 Å². The fraction of sp³-hybridized carbons (Fsp3) is 0.200. The van der Waals surface area contributed by atoms with Crippen molar-refractivity contribution >= 4 is 17.6 Å². The van der Waals surface area contributed by atoms with Crippen LogP contribution in [0.25, 0.3) is 11.4 Å². The molecule has 0 fully saturated rings. The highest BCUT2D eigenvalue weighted by atomic mass is 16.6. The average Bonchev–Trinajstić information content (AvgIpc) is 3.25. The van der Waals surface area contributed by atoms with Crippen LogP contribution in [0.15, 0.2) is 53.1 Å². The molecule has 1 amide bonds. The Balaban J connectivity index is 1.52. The van der Waals surface area contributed by atoms with Crippen molar-refractivity contribution in [1.82, 2.24) is 15.5 Å². The van der Waals surface area contributed by atoms with Gasteiger partial charge in [0.1, 0.15) is 12.3 Å². The largest absolute Gasteiger partial charge is 0.493 e. The molecule has 0 spiro atoms. The molecule has 3 aromatic rings. The first-order valence-electron chi connectivity index (χ1n) is 9.21. The van der Waals surface area contributed by atoms with Crippen molar-refractivity contribution in [3.63, 3.8) is 0 Å². The summed E-state index contributed by atoms with van der Waals surface area (Å²) >= 11 is 0. The second kappa shape index (κ2) is 9.96. The molecule has 2 aromatic carbocycles. The Labute approximate surface area is 176 Å². The lowest BCUT2D eigenvalue weighted by Gasteiger charge is -2.06. The van der Waals surface area contributed by atoms with Gasteiger partial charge < -0.3 is 19.3 Å². The molecule has 160 valence electrons. The van der Waals surface area contributed by atoms with Crippen LogP contribution in [0.1, 0.15) is 23.2 Å². The summed E-state index contributed by atoms with van der Waals surface area (Å²) in [5.74, 6) is -0.437. The number of carbonyl (C=O) groups is 2. The van der Waals surface area contributed by atoms with E-state index in [4.69, 9.17) is 14.0 Å². The number of nitrogens with one attached hydrogen (secondary N) is 1. The van der Waals surface area contributed by atoms with Crippen LogP contribution >= 0.6 is 0 Å². The van der Waals surface area contributed by atoms with E-state index < -0.39 is 23.3 Å². The van der Waals surface area contributed by atoms with E-state index in [1.165, 1.54) is 18.2 Å². The summed E-state index contributed by atoms with van der Waals surface area (Å²) in [4.78, 5) is 38.3. The summed E-state index contributed by atoms with van der Waals surface area (Å²) in [6.07, 6.45) is 0. The van der Waals surface area contributed by atoms with E-state index >= 15 is 0 Å². The quantitative estimate of drug-likeness (QED) is 0.310. The van der Waals surface area contributed by atoms with Crippen molar-refractivity contribution in [3.8, 4) is 17.1 Å². The number of aromatic nitrogens is 2. The van der Waals surface area contributed by atoms with Crippen LogP contribution in [0, 0.1) is 10.1 Å². The second-order valence-corrected chi connectivity index (χ2v) is 6.09. The van der Waals surface area contributed by atoms with Gasteiger partial charge in [-0.25, -0.2) is 0 Å². The molecule has 0 saturated heterocycles. The number of amides is 1. The summed E-state index contributed by atoms with van der Waals surface area (Å²) in [6.45, 7) is 1.61. The number of hydrogen-bond donors (Lipinski definition) is 1. The minimum atomic E-state index is -0.742. The van der Waals surface area contributed by atoms with Gasteiger partial charge in [0.25, 0.3) is 17.5 Å². The Kier molecular flexibility index (Phi) is 6.89. The topological polar surface area (TPSA) is 147 Å². The highest BCUT2D eigenvalue weighted by Gasteiger charge is 2.16. The number of para-hydroxylation sites is 1. The number of rotatable bonds is 9. The van der Waals surface area contributed by atoms with Gasteiger partial charge in [0.2, 0.25) is 5.82 Å². The van der Waals surface area contributed by atoms with Crippen LogP contribution in [-0.2, 0) is 16.1 Å². The lowest BCUT2D eigenvalue weighted by atomic mass is 10.2. The summed E-state index contributed by atoms with van der Waals surface area (Å²) in [5.41, 5.74) is 0.458. The third-order valence-corrected chi connectivity index (χ3v) is 3.96. The van der Waals surface area contributed by atoms with Gasteiger partial charge in [-0.2, -0.15) is 4.98 Å². The number of hydrogen-bond acceptors (Lipinski definition) is 9. The van der Waals surface area contributed by atoms with E-state index in [-0.39, 0.29) is 29.6 Å². The van der Waals surface area contributed by atoms with E-state index in [1.807, 2.05) is 13.0 Å². The lowest BCUT2D eigenvalue weighted by molar-refractivity contribution is -0.384. The SMILES string of the molecule is CCOc1ccccc1-c1noc(COC(=O)CNC(=O)c2cccc([N+](=O)[O-])c2)n1. The highest BCUT2D eigenvalue weighted by molar-refractivity contribution is 5.96. The molecule has 0 radical (unpaired) electrons. The van der Waals surface area contributed by atoms with E-state index in [1.54, 1.807) is 18.2 Å². The second-order valence-electron chi connectivity index (χ2n) is 6.09. The maximum absolute atomic E-state index is 12.0. The van der Waals surface area contributed by atoms with E-state index in [9.17, 15) is 19.7 Å². The molecule has 11 heteroatoms. The Morgan fingerprint density at radius 1 is 1.19 bits per heavy atom. The number of nitro groups is 1. The van der Waals surface area contributed by atoms with Crippen molar-refractivity contribution in [2.24, 2.45) is 0 Å². The maximum Gasteiger partial charge on any atom is 0.325 e. The van der Waals surface area contributed by atoms with Crippen LogP contribution in [0.3, 0.4) is 0 Å². The molecular formula is C20H18N4O7. The molecule has 0 saturated carbocycles. The van der Waals surface area contributed by atoms with Crippen LogP contribution < -0.4 is 10.1 Å². The van der Waals surface area contributed by atoms with Crippen molar-refractivity contribution in [1.29, 1.82) is 0 Å². The fourth-order valence-corrected chi connectivity index (χ4v) is 2.56. The van der Waals surface area contributed by atoms with Gasteiger partial charge in [0.05, 0.1) is 17.1 Å². The fourth-order valence-electron chi connectivity index (χ4n) is 2.56. The Morgan fingerprint density at radius 2 is 2.00 bits per heavy atom. The molecule has 0 unspecified atom stereocenters. The molecule has 0 atom stereocenters. The zero-order valence-electron chi connectivity index (χ0n) is 16.4. The molecule has 1 heterocycles. The van der Waals surface area contributed by atoms with Crippen LogP contribution in [0.4, 0.5) is 5.69 Å².